The zero-order chi connectivity index (χ0) is 56.5. The van der Waals surface area contributed by atoms with Gasteiger partial charge >= 0.3 is 35.8 Å². The van der Waals surface area contributed by atoms with Crippen LogP contribution in [0.1, 0.15) is 217 Å². The van der Waals surface area contributed by atoms with Gasteiger partial charge in [-0.1, -0.05) is 190 Å². The lowest BCUT2D eigenvalue weighted by Crippen LogP contribution is -2.08. The van der Waals surface area contributed by atoms with Crippen LogP contribution in [0.5, 0.6) is 0 Å². The number of aliphatic hydroxyl groups is 1. The number of esters is 6. The molecular weight excluding hydrogens is 917 g/mol. The Kier molecular flexibility index (Phi) is 66.1. The molecule has 0 amide bonds. The fourth-order valence-corrected chi connectivity index (χ4v) is 5.04. The van der Waals surface area contributed by atoms with Gasteiger partial charge in [-0.3, -0.25) is 0 Å². The molecule has 0 saturated carbocycles. The first-order valence-corrected chi connectivity index (χ1v) is 26.4. The van der Waals surface area contributed by atoms with Crippen LogP contribution >= 0.6 is 0 Å². The van der Waals surface area contributed by atoms with E-state index in [4.69, 9.17) is 24.1 Å². The van der Waals surface area contributed by atoms with Crippen LogP contribution in [0.3, 0.4) is 0 Å². The monoisotopic (exact) mass is 1020 g/mol. The molecule has 0 saturated heterocycles. The first kappa shape index (κ1) is 78.6. The lowest BCUT2D eigenvalue weighted by atomic mass is 10.0. The number of carbonyl (C=O) groups is 6. The molecule has 0 aliphatic heterocycles. The van der Waals surface area contributed by atoms with E-state index in [1.807, 2.05) is 0 Å². The molecule has 0 unspecified atom stereocenters. The molecule has 0 aliphatic carbocycles. The Labute approximate surface area is 439 Å². The van der Waals surface area contributed by atoms with Gasteiger partial charge in [0.05, 0.1) is 40.1 Å². The van der Waals surface area contributed by atoms with Crippen molar-refractivity contribution in [3.8, 4) is 0 Å². The van der Waals surface area contributed by atoms with Crippen LogP contribution in [-0.2, 0) is 57.2 Å². The highest BCUT2D eigenvalue weighted by Gasteiger charge is 2.05. The molecule has 0 rings (SSSR count). The molecule has 0 radical (unpaired) electrons. The zero-order valence-corrected chi connectivity index (χ0v) is 48.0. The van der Waals surface area contributed by atoms with Crippen molar-refractivity contribution < 1.29 is 62.3 Å². The Bertz CT molecular complexity index is 1470. The normalized spacial score (nSPS) is 9.58. The summed E-state index contributed by atoms with van der Waals surface area (Å²) < 4.78 is 28.5. The van der Waals surface area contributed by atoms with E-state index < -0.39 is 5.97 Å². The quantitative estimate of drug-likeness (QED) is 0.0275. The second kappa shape index (κ2) is 60.5. The number of aliphatic hydroxyl groups excluding tert-OH is 1. The highest BCUT2D eigenvalue weighted by atomic mass is 16.6. The van der Waals surface area contributed by atoms with Gasteiger partial charge in [0, 0.05) is 33.4 Å². The highest BCUT2D eigenvalue weighted by molar-refractivity contribution is 5.88. The molecule has 0 atom stereocenters. The van der Waals surface area contributed by atoms with Gasteiger partial charge in [0.2, 0.25) is 0 Å². The number of hydrogen-bond donors (Lipinski definition) is 1. The van der Waals surface area contributed by atoms with Crippen molar-refractivity contribution in [1.29, 1.82) is 0 Å². The van der Waals surface area contributed by atoms with Gasteiger partial charge in [-0.15, -0.1) is 0 Å². The fourth-order valence-electron chi connectivity index (χ4n) is 5.04. The lowest BCUT2D eigenvalue weighted by Gasteiger charge is -2.05. The third kappa shape index (κ3) is 71.8. The number of methoxy groups -OCH3 is 1. The standard InChI is InChI=1S/C16H30O2.C14H26O2.C10H18O2.C8H14O2.C6H10O3.C5H8O2/c1-4-5-6-7-8-9-10-11-12-13-14-18-16(17)15(2)3;1-12(2)10-8-6-5-7-9-11-16-14(15)13(3)4;1-4-5-6-7-8-12-10(11)9(2)3;1-4-5-6-10-8(9)7(2)3;1-5(2)6(8)9-4-3-7;1-4(2)5(6)7-3/h2,4-14H2,1,3H3;12H,3,5-11H2,1-2,4H3;2,4-8H2,1,3H3;2,4-6H2,1,3H3;7H,1,3-4H2,2H3;1H2,2-3H3. The van der Waals surface area contributed by atoms with Crippen molar-refractivity contribution >= 4 is 35.8 Å². The average molecular weight is 1020 g/mol. The smallest absolute Gasteiger partial charge is 0.333 e. The number of hydrogen-bond acceptors (Lipinski definition) is 13. The SMILES string of the molecule is C=C(C)C(=O)OC.C=C(C)C(=O)OCCCC.C=C(C)C(=O)OCCCCCC.C=C(C)C(=O)OCCCCCCCC(C)C.C=C(C)C(=O)OCCCCCCCCCCCC.C=C(C)C(=O)OCCO. The van der Waals surface area contributed by atoms with E-state index in [1.54, 1.807) is 41.5 Å². The number of carbonyl (C=O) groups excluding carboxylic acids is 6. The van der Waals surface area contributed by atoms with E-state index in [-0.39, 0.29) is 43.1 Å². The molecule has 72 heavy (non-hydrogen) atoms. The molecule has 0 aliphatic rings. The van der Waals surface area contributed by atoms with E-state index >= 15 is 0 Å². The van der Waals surface area contributed by atoms with Crippen LogP contribution in [0.15, 0.2) is 72.9 Å². The Morgan fingerprint density at radius 1 is 0.347 bits per heavy atom. The largest absolute Gasteiger partial charge is 0.466 e. The van der Waals surface area contributed by atoms with E-state index in [1.165, 1.54) is 103 Å². The van der Waals surface area contributed by atoms with Crippen molar-refractivity contribution in [2.75, 3.05) is 46.8 Å². The van der Waals surface area contributed by atoms with E-state index in [0.29, 0.717) is 59.9 Å². The minimum Gasteiger partial charge on any atom is -0.466 e. The van der Waals surface area contributed by atoms with Crippen LogP contribution in [0.25, 0.3) is 0 Å². The average Bonchev–Trinajstić information content (AvgIpc) is 3.33. The molecule has 0 bridgehead atoms. The molecule has 1 N–H and O–H groups in total. The summed E-state index contributed by atoms with van der Waals surface area (Å²) in [5.74, 6) is -1.06. The third-order valence-electron chi connectivity index (χ3n) is 9.45. The predicted octanol–water partition coefficient (Wildman–Crippen LogP) is 14.6. The van der Waals surface area contributed by atoms with E-state index in [0.717, 1.165) is 50.9 Å². The summed E-state index contributed by atoms with van der Waals surface area (Å²) in [6.45, 7) is 43.6. The van der Waals surface area contributed by atoms with Gasteiger partial charge in [0.25, 0.3) is 0 Å². The van der Waals surface area contributed by atoms with Crippen LogP contribution in [-0.4, -0.2) is 87.7 Å². The molecule has 13 nitrogen and oxygen atoms in total. The summed E-state index contributed by atoms with van der Waals surface area (Å²) >= 11 is 0. The van der Waals surface area contributed by atoms with Gasteiger partial charge in [-0.2, -0.15) is 0 Å². The summed E-state index contributed by atoms with van der Waals surface area (Å²) in [7, 11) is 1.33. The Balaban J connectivity index is -0.000000187. The molecular formula is C59H106O13. The summed E-state index contributed by atoms with van der Waals surface area (Å²) in [5.41, 5.74) is 2.70. The maximum Gasteiger partial charge on any atom is 0.333 e. The lowest BCUT2D eigenvalue weighted by molar-refractivity contribution is -0.140. The topological polar surface area (TPSA) is 178 Å². The van der Waals surface area contributed by atoms with Gasteiger partial charge in [0.1, 0.15) is 6.61 Å². The van der Waals surface area contributed by atoms with Crippen LogP contribution in [0, 0.1) is 5.92 Å². The molecule has 0 aromatic heterocycles. The number of unbranched alkanes of at least 4 members (excludes halogenated alkanes) is 17. The summed E-state index contributed by atoms with van der Waals surface area (Å²) in [5, 5.41) is 8.19. The van der Waals surface area contributed by atoms with Crippen LogP contribution in [0.4, 0.5) is 0 Å². The first-order valence-electron chi connectivity index (χ1n) is 26.4. The van der Waals surface area contributed by atoms with Crippen molar-refractivity contribution in [2.24, 2.45) is 5.92 Å². The van der Waals surface area contributed by atoms with Crippen LogP contribution in [0.2, 0.25) is 0 Å². The van der Waals surface area contributed by atoms with Crippen molar-refractivity contribution in [3.05, 3.63) is 72.9 Å². The number of rotatable bonds is 35. The predicted molar refractivity (Wildman–Crippen MR) is 296 cm³/mol. The maximum absolute atomic E-state index is 11.1. The van der Waals surface area contributed by atoms with E-state index in [9.17, 15) is 28.8 Å². The Hall–Kier alpha value is -4.78. The van der Waals surface area contributed by atoms with Crippen molar-refractivity contribution in [3.63, 3.8) is 0 Å². The minimum atomic E-state index is -0.455. The summed E-state index contributed by atoms with van der Waals surface area (Å²) in [6.07, 6.45) is 26.8. The zero-order valence-electron chi connectivity index (χ0n) is 48.0. The second-order valence-electron chi connectivity index (χ2n) is 18.1. The maximum atomic E-state index is 11.1. The first-order chi connectivity index (χ1) is 33.9. The fraction of sp³-hybridized carbons (Fsp3) is 0.695. The molecule has 0 heterocycles. The molecule has 0 aromatic rings. The number of ether oxygens (including phenoxy) is 6. The van der Waals surface area contributed by atoms with Gasteiger partial charge in [0.15, 0.2) is 0 Å². The second-order valence-corrected chi connectivity index (χ2v) is 18.1. The minimum absolute atomic E-state index is 0.0473. The van der Waals surface area contributed by atoms with Gasteiger partial charge < -0.3 is 33.5 Å². The van der Waals surface area contributed by atoms with Gasteiger partial charge in [-0.25, -0.2) is 28.8 Å². The van der Waals surface area contributed by atoms with Crippen molar-refractivity contribution in [2.45, 2.75) is 217 Å². The Morgan fingerprint density at radius 3 is 0.792 bits per heavy atom. The van der Waals surface area contributed by atoms with Gasteiger partial charge in [-0.05, 0) is 73.1 Å². The Morgan fingerprint density at radius 2 is 0.569 bits per heavy atom. The molecule has 13 heteroatoms. The van der Waals surface area contributed by atoms with Crippen LogP contribution < -0.4 is 0 Å². The molecule has 0 fully saturated rings. The van der Waals surface area contributed by atoms with Crippen molar-refractivity contribution in [1.82, 2.24) is 0 Å². The molecule has 0 spiro atoms. The summed E-state index contributed by atoms with van der Waals surface area (Å²) in [4.78, 5) is 64.3. The van der Waals surface area contributed by atoms with E-state index in [2.05, 4.69) is 83.6 Å². The molecule has 420 valence electrons. The molecule has 0 aromatic carbocycles. The summed E-state index contributed by atoms with van der Waals surface area (Å²) in [6, 6.07) is 0. The third-order valence-corrected chi connectivity index (χ3v) is 9.45. The highest BCUT2D eigenvalue weighted by Crippen LogP contribution is 2.12.